The molecule has 0 aromatic carbocycles. The summed E-state index contributed by atoms with van der Waals surface area (Å²) < 4.78 is 16.6. The number of carbonyl (C=O) groups excluding carboxylic acids is 2. The summed E-state index contributed by atoms with van der Waals surface area (Å²) in [6.07, 6.45) is 1.56. The van der Waals surface area contributed by atoms with Crippen LogP contribution in [-0.2, 0) is 23.8 Å². The van der Waals surface area contributed by atoms with E-state index >= 15 is 0 Å². The van der Waals surface area contributed by atoms with Crippen molar-refractivity contribution in [2.75, 3.05) is 13.2 Å². The van der Waals surface area contributed by atoms with E-state index < -0.39 is 52.7 Å². The van der Waals surface area contributed by atoms with Gasteiger partial charge in [0.1, 0.15) is 31.2 Å². The van der Waals surface area contributed by atoms with Gasteiger partial charge < -0.3 is 44.5 Å². The van der Waals surface area contributed by atoms with Crippen LogP contribution in [0.1, 0.15) is 64.7 Å². The highest BCUT2D eigenvalue weighted by atomic mass is 16.7. The fourth-order valence-corrected chi connectivity index (χ4v) is 9.52. The summed E-state index contributed by atoms with van der Waals surface area (Å²) in [6.45, 7) is 2.22. The number of aldehydes is 1. The van der Waals surface area contributed by atoms with Gasteiger partial charge in [-0.25, -0.2) is 4.79 Å². The maximum Gasteiger partial charge on any atom is 0.331 e. The molecule has 10 nitrogen and oxygen atoms in total. The van der Waals surface area contributed by atoms with Crippen LogP contribution in [0.15, 0.2) is 11.6 Å². The zero-order valence-corrected chi connectivity index (χ0v) is 21.8. The van der Waals surface area contributed by atoms with Crippen molar-refractivity contribution in [1.82, 2.24) is 0 Å². The van der Waals surface area contributed by atoms with Crippen LogP contribution < -0.4 is 0 Å². The molecule has 38 heavy (non-hydrogen) atoms. The molecule has 2 heterocycles. The zero-order chi connectivity index (χ0) is 27.1. The van der Waals surface area contributed by atoms with Crippen LogP contribution in [-0.4, -0.2) is 92.9 Å². The smallest absolute Gasteiger partial charge is 0.331 e. The van der Waals surface area contributed by atoms with Gasteiger partial charge in [0.05, 0.1) is 29.3 Å². The average molecular weight is 537 g/mol. The maximum atomic E-state index is 12.9. The molecule has 6 rings (SSSR count). The molecule has 0 radical (unpaired) electrons. The number of cyclic esters (lactones) is 1. The van der Waals surface area contributed by atoms with E-state index in [0.29, 0.717) is 44.9 Å². The molecular formula is C28H40O10. The molecule has 1 saturated heterocycles. The monoisotopic (exact) mass is 536 g/mol. The Morgan fingerprint density at radius 2 is 1.76 bits per heavy atom. The summed E-state index contributed by atoms with van der Waals surface area (Å²) in [4.78, 5) is 24.7. The van der Waals surface area contributed by atoms with Crippen LogP contribution in [0.5, 0.6) is 0 Å². The van der Waals surface area contributed by atoms with Crippen LogP contribution in [0.25, 0.3) is 0 Å². The Morgan fingerprint density at radius 3 is 2.47 bits per heavy atom. The van der Waals surface area contributed by atoms with Gasteiger partial charge in [-0.3, -0.25) is 0 Å². The first-order valence-corrected chi connectivity index (χ1v) is 14.1. The SMILES string of the molecule is C[C@@]12CC[C@@H]3[C@H](CC[C@]4(O)C[C@H](O[C@H]5OC[C@H](O)[C@H](O)[C@@H]5O)CC[C@@]34C=O)[C@]1(O)CC[C@@H]2C1=CC(=O)OC1. The number of fused-ring (bicyclic) bond motifs is 5. The van der Waals surface area contributed by atoms with E-state index in [4.69, 9.17) is 14.2 Å². The van der Waals surface area contributed by atoms with Crippen LogP contribution in [0.3, 0.4) is 0 Å². The lowest BCUT2D eigenvalue weighted by Crippen LogP contribution is -2.69. The number of aliphatic hydroxyl groups is 5. The lowest BCUT2D eigenvalue weighted by atomic mass is 9.41. The van der Waals surface area contributed by atoms with Crippen molar-refractivity contribution in [2.24, 2.45) is 28.6 Å². The third kappa shape index (κ3) is 3.57. The Kier molecular flexibility index (Phi) is 6.39. The third-order valence-corrected chi connectivity index (χ3v) is 11.6. The molecule has 5 N–H and O–H groups in total. The molecule has 12 atom stereocenters. The molecule has 2 aliphatic heterocycles. The number of aliphatic hydroxyl groups excluding tert-OH is 3. The summed E-state index contributed by atoms with van der Waals surface area (Å²) >= 11 is 0. The van der Waals surface area contributed by atoms with E-state index in [2.05, 4.69) is 6.92 Å². The minimum atomic E-state index is -1.42. The molecule has 4 saturated carbocycles. The van der Waals surface area contributed by atoms with E-state index in [9.17, 15) is 35.1 Å². The molecule has 5 fully saturated rings. The number of hydrogen-bond donors (Lipinski definition) is 5. The molecular weight excluding hydrogens is 496 g/mol. The lowest BCUT2D eigenvalue weighted by molar-refractivity contribution is -0.301. The number of hydrogen-bond acceptors (Lipinski definition) is 10. The van der Waals surface area contributed by atoms with E-state index in [1.807, 2.05) is 0 Å². The van der Waals surface area contributed by atoms with Gasteiger partial charge in [0.2, 0.25) is 0 Å². The Bertz CT molecular complexity index is 1020. The fraction of sp³-hybridized carbons (Fsp3) is 0.857. The molecule has 0 bridgehead atoms. The third-order valence-electron chi connectivity index (χ3n) is 11.6. The number of carbonyl (C=O) groups is 2. The van der Waals surface area contributed by atoms with Gasteiger partial charge in [-0.05, 0) is 74.7 Å². The first-order valence-electron chi connectivity index (χ1n) is 14.1. The minimum Gasteiger partial charge on any atom is -0.458 e. The fourth-order valence-electron chi connectivity index (χ4n) is 9.52. The van der Waals surface area contributed by atoms with Gasteiger partial charge in [0, 0.05) is 17.9 Å². The quantitative estimate of drug-likeness (QED) is 0.193. The van der Waals surface area contributed by atoms with E-state index in [1.54, 1.807) is 6.08 Å². The summed E-state index contributed by atoms with van der Waals surface area (Å²) in [5, 5.41) is 54.4. The number of rotatable bonds is 4. The first kappa shape index (κ1) is 26.8. The largest absolute Gasteiger partial charge is 0.458 e. The van der Waals surface area contributed by atoms with Crippen molar-refractivity contribution in [1.29, 1.82) is 0 Å². The Morgan fingerprint density at radius 1 is 1.00 bits per heavy atom. The average Bonchev–Trinajstić information content (AvgIpc) is 3.43. The predicted molar refractivity (Wildman–Crippen MR) is 130 cm³/mol. The molecule has 0 unspecified atom stereocenters. The van der Waals surface area contributed by atoms with Crippen LogP contribution >= 0.6 is 0 Å². The molecule has 0 amide bonds. The second-order valence-electron chi connectivity index (χ2n) is 13.0. The minimum absolute atomic E-state index is 0.0489. The van der Waals surface area contributed by atoms with Crippen LogP contribution in [0.4, 0.5) is 0 Å². The summed E-state index contributed by atoms with van der Waals surface area (Å²) in [6, 6.07) is 0. The lowest BCUT2D eigenvalue weighted by Gasteiger charge is -2.65. The van der Waals surface area contributed by atoms with E-state index in [0.717, 1.165) is 18.3 Å². The summed E-state index contributed by atoms with van der Waals surface area (Å²) in [7, 11) is 0. The van der Waals surface area contributed by atoms with Crippen molar-refractivity contribution in [2.45, 2.75) is 107 Å². The van der Waals surface area contributed by atoms with Crippen molar-refractivity contribution in [3.8, 4) is 0 Å². The molecule has 0 aromatic rings. The Labute approximate surface area is 222 Å². The number of ether oxygens (including phenoxy) is 3. The first-order chi connectivity index (χ1) is 18.0. The van der Waals surface area contributed by atoms with E-state index in [-0.39, 0.29) is 43.4 Å². The highest BCUT2D eigenvalue weighted by molar-refractivity contribution is 5.85. The predicted octanol–water partition coefficient (Wildman–Crippen LogP) is 0.362. The van der Waals surface area contributed by atoms with Gasteiger partial charge in [0.15, 0.2) is 6.29 Å². The van der Waals surface area contributed by atoms with Crippen molar-refractivity contribution in [3.63, 3.8) is 0 Å². The van der Waals surface area contributed by atoms with Gasteiger partial charge in [-0.2, -0.15) is 0 Å². The molecule has 0 aromatic heterocycles. The van der Waals surface area contributed by atoms with Gasteiger partial charge in [-0.1, -0.05) is 6.92 Å². The highest BCUT2D eigenvalue weighted by Gasteiger charge is 2.71. The normalized spacial score (nSPS) is 54.4. The molecule has 212 valence electrons. The van der Waals surface area contributed by atoms with Gasteiger partial charge in [0.25, 0.3) is 0 Å². The Hall–Kier alpha value is -1.40. The molecule has 10 heteroatoms. The second-order valence-corrected chi connectivity index (χ2v) is 13.0. The van der Waals surface area contributed by atoms with Gasteiger partial charge in [-0.15, -0.1) is 0 Å². The van der Waals surface area contributed by atoms with Gasteiger partial charge >= 0.3 is 5.97 Å². The topological polar surface area (TPSA) is 163 Å². The van der Waals surface area contributed by atoms with Crippen molar-refractivity contribution < 1.29 is 49.3 Å². The van der Waals surface area contributed by atoms with Crippen molar-refractivity contribution in [3.05, 3.63) is 11.6 Å². The standard InChI is InChI=1S/C28H40O10/c1-25-6-3-18-19(28(25,35)9-5-17(25)15-10-21(31)36-12-15)4-8-27(34)11-16(2-7-26(18,27)14-29)38-24-23(33)22(32)20(30)13-37-24/h10,14,16-20,22-24,30,32-35H,2-9,11-13H2,1H3/t16-,17-,18-,19+,20+,22+,23+,24-,25+,26-,27+,28-/m1/s1. The maximum absolute atomic E-state index is 12.9. The van der Waals surface area contributed by atoms with Crippen LogP contribution in [0.2, 0.25) is 0 Å². The zero-order valence-electron chi connectivity index (χ0n) is 21.8. The van der Waals surface area contributed by atoms with Crippen molar-refractivity contribution >= 4 is 12.3 Å². The molecule has 6 aliphatic rings. The number of esters is 1. The molecule has 4 aliphatic carbocycles. The summed E-state index contributed by atoms with van der Waals surface area (Å²) in [5.41, 5.74) is -2.83. The summed E-state index contributed by atoms with van der Waals surface area (Å²) in [5.74, 6) is -0.604. The Balaban J connectivity index is 1.22. The highest BCUT2D eigenvalue weighted by Crippen LogP contribution is 2.70. The molecule has 0 spiro atoms. The van der Waals surface area contributed by atoms with Crippen LogP contribution in [0, 0.1) is 28.6 Å². The second kappa shape index (κ2) is 9.06. The van der Waals surface area contributed by atoms with E-state index in [1.165, 1.54) is 0 Å².